The van der Waals surface area contributed by atoms with Crippen LogP contribution in [0.1, 0.15) is 19.4 Å². The van der Waals surface area contributed by atoms with E-state index >= 15 is 0 Å². The van der Waals surface area contributed by atoms with Gasteiger partial charge in [-0.15, -0.1) is 23.6 Å². The molecule has 3 aromatic rings. The van der Waals surface area contributed by atoms with Crippen LogP contribution in [0.5, 0.6) is 0 Å². The molecule has 127 valence electrons. The normalized spacial score (nSPS) is 10.5. The van der Waals surface area contributed by atoms with Crippen molar-refractivity contribution in [3.63, 3.8) is 0 Å². The van der Waals surface area contributed by atoms with Crippen molar-refractivity contribution in [2.45, 2.75) is 20.8 Å². The number of carbonyl (C=O) groups is 1. The SMILES string of the molecule is CC(=O)/C=C(/C)O.Cc1ccc(-c2[c-]c3ccccc3s2)nc1.[Ir]. The third-order valence-corrected chi connectivity index (χ3v) is 3.99. The van der Waals surface area contributed by atoms with E-state index in [0.717, 1.165) is 10.6 Å². The van der Waals surface area contributed by atoms with E-state index in [4.69, 9.17) is 5.11 Å². The molecule has 0 saturated heterocycles. The Morgan fingerprint density at radius 3 is 2.42 bits per heavy atom. The summed E-state index contributed by atoms with van der Waals surface area (Å²) in [4.78, 5) is 15.6. The summed E-state index contributed by atoms with van der Waals surface area (Å²) < 4.78 is 1.26. The topological polar surface area (TPSA) is 50.2 Å². The third-order valence-electron chi connectivity index (χ3n) is 2.90. The van der Waals surface area contributed by atoms with Gasteiger partial charge in [-0.1, -0.05) is 24.3 Å². The van der Waals surface area contributed by atoms with E-state index in [2.05, 4.69) is 41.4 Å². The number of thiophene rings is 1. The maximum Gasteiger partial charge on any atom is 0.155 e. The van der Waals surface area contributed by atoms with Crippen LogP contribution >= 0.6 is 11.3 Å². The molecule has 0 spiro atoms. The van der Waals surface area contributed by atoms with Crippen LogP contribution in [0.3, 0.4) is 0 Å². The van der Waals surface area contributed by atoms with Crippen molar-refractivity contribution in [1.29, 1.82) is 0 Å². The molecular formula is C19H18IrNO2S-. The average Bonchev–Trinajstić information content (AvgIpc) is 2.91. The van der Waals surface area contributed by atoms with E-state index in [9.17, 15) is 4.79 Å². The molecule has 0 amide bonds. The van der Waals surface area contributed by atoms with E-state index in [-0.39, 0.29) is 31.6 Å². The number of fused-ring (bicyclic) bond motifs is 1. The van der Waals surface area contributed by atoms with Crippen LogP contribution in [0.25, 0.3) is 20.7 Å². The number of ketones is 1. The zero-order valence-corrected chi connectivity index (χ0v) is 16.9. The number of aliphatic hydroxyl groups is 1. The summed E-state index contributed by atoms with van der Waals surface area (Å²) in [5, 5.41) is 9.53. The second kappa shape index (κ2) is 9.48. The summed E-state index contributed by atoms with van der Waals surface area (Å²) in [7, 11) is 0. The van der Waals surface area contributed by atoms with Crippen LogP contribution in [0.15, 0.2) is 54.4 Å². The minimum Gasteiger partial charge on any atom is -0.512 e. The van der Waals surface area contributed by atoms with Crippen LogP contribution in [-0.4, -0.2) is 15.9 Å². The summed E-state index contributed by atoms with van der Waals surface area (Å²) >= 11 is 1.74. The molecule has 0 bridgehead atoms. The number of benzene rings is 1. The molecule has 3 nitrogen and oxygen atoms in total. The van der Waals surface area contributed by atoms with E-state index in [0.29, 0.717) is 0 Å². The Balaban J connectivity index is 0.000000312. The summed E-state index contributed by atoms with van der Waals surface area (Å²) in [5.41, 5.74) is 2.19. The first kappa shape index (κ1) is 20.2. The van der Waals surface area contributed by atoms with Crippen LogP contribution in [-0.2, 0) is 24.9 Å². The van der Waals surface area contributed by atoms with Gasteiger partial charge in [-0.25, -0.2) is 11.3 Å². The van der Waals surface area contributed by atoms with Crippen molar-refractivity contribution in [3.05, 3.63) is 66.1 Å². The zero-order chi connectivity index (χ0) is 16.8. The van der Waals surface area contributed by atoms with Crippen molar-refractivity contribution in [1.82, 2.24) is 4.98 Å². The Bertz CT molecular complexity index is 801. The molecule has 1 aromatic carbocycles. The van der Waals surface area contributed by atoms with Gasteiger partial charge in [-0.2, -0.15) is 0 Å². The molecule has 2 aromatic heterocycles. The number of aliphatic hydroxyl groups excluding tert-OH is 1. The standard InChI is InChI=1S/C14H10NS.C5H8O2.Ir/c1-10-6-7-12(15-9-10)14-8-11-4-2-3-5-13(11)16-14;1-4(6)3-5(2)7;/h2-7,9H,1H3;3,6H,1-2H3;/q-1;;/b;4-3-;. The molecule has 0 aliphatic rings. The van der Waals surface area contributed by atoms with Crippen molar-refractivity contribution in [3.8, 4) is 10.6 Å². The number of nitrogens with zero attached hydrogens (tertiary/aromatic N) is 1. The predicted molar refractivity (Wildman–Crippen MR) is 95.7 cm³/mol. The molecule has 0 aliphatic heterocycles. The van der Waals surface area contributed by atoms with Crippen molar-refractivity contribution < 1.29 is 30.0 Å². The van der Waals surface area contributed by atoms with Crippen LogP contribution in [0.2, 0.25) is 0 Å². The maximum atomic E-state index is 10.0. The largest absolute Gasteiger partial charge is 0.512 e. The molecule has 0 unspecified atom stereocenters. The second-order valence-electron chi connectivity index (χ2n) is 5.17. The number of pyridine rings is 1. The molecule has 3 rings (SSSR count). The van der Waals surface area contributed by atoms with Gasteiger partial charge in [-0.05, 0) is 35.9 Å². The fourth-order valence-electron chi connectivity index (χ4n) is 1.93. The van der Waals surface area contributed by atoms with E-state index < -0.39 is 0 Å². The number of rotatable bonds is 2. The van der Waals surface area contributed by atoms with E-state index in [1.54, 1.807) is 11.3 Å². The Kier molecular flexibility index (Phi) is 7.99. The van der Waals surface area contributed by atoms with Crippen LogP contribution in [0, 0.1) is 13.0 Å². The summed E-state index contributed by atoms with van der Waals surface area (Å²) in [5.74, 6) is -0.0625. The third kappa shape index (κ3) is 6.00. The van der Waals surface area contributed by atoms with Gasteiger partial charge in [0.1, 0.15) is 0 Å². The molecule has 0 aliphatic carbocycles. The van der Waals surface area contributed by atoms with E-state index in [1.165, 1.54) is 35.6 Å². The minimum absolute atomic E-state index is 0. The van der Waals surface area contributed by atoms with Crippen molar-refractivity contribution >= 4 is 27.2 Å². The first-order valence-corrected chi connectivity index (χ1v) is 7.99. The molecule has 24 heavy (non-hydrogen) atoms. The monoisotopic (exact) mass is 517 g/mol. The van der Waals surface area contributed by atoms with Crippen LogP contribution in [0.4, 0.5) is 0 Å². The minimum atomic E-state index is -0.125. The molecule has 5 heteroatoms. The molecule has 1 radical (unpaired) electrons. The fraction of sp³-hybridized carbons (Fsp3) is 0.158. The molecule has 0 saturated carbocycles. The number of hydrogen-bond donors (Lipinski definition) is 1. The smallest absolute Gasteiger partial charge is 0.155 e. The van der Waals surface area contributed by atoms with Gasteiger partial charge in [0.05, 0.1) is 5.76 Å². The number of carbonyl (C=O) groups excluding carboxylic acids is 1. The Hall–Kier alpha value is -1.81. The van der Waals surface area contributed by atoms with Gasteiger partial charge in [-0.3, -0.25) is 4.79 Å². The Morgan fingerprint density at radius 2 is 1.92 bits per heavy atom. The van der Waals surface area contributed by atoms with Crippen molar-refractivity contribution in [2.24, 2.45) is 0 Å². The zero-order valence-electron chi connectivity index (χ0n) is 13.7. The van der Waals surface area contributed by atoms with Crippen LogP contribution < -0.4 is 0 Å². The van der Waals surface area contributed by atoms with Crippen molar-refractivity contribution in [2.75, 3.05) is 0 Å². The van der Waals surface area contributed by atoms with Gasteiger partial charge >= 0.3 is 0 Å². The van der Waals surface area contributed by atoms with Gasteiger partial charge in [0.25, 0.3) is 0 Å². The molecule has 1 N–H and O–H groups in total. The Morgan fingerprint density at radius 1 is 1.21 bits per heavy atom. The number of hydrogen-bond acceptors (Lipinski definition) is 4. The number of aromatic nitrogens is 1. The van der Waals surface area contributed by atoms with Gasteiger partial charge in [0.2, 0.25) is 0 Å². The predicted octanol–water partition coefficient (Wildman–Crippen LogP) is 5.11. The van der Waals surface area contributed by atoms with Gasteiger partial charge < -0.3 is 10.1 Å². The number of aryl methyl sites for hydroxylation is 1. The molecular weight excluding hydrogens is 498 g/mol. The summed E-state index contributed by atoms with van der Waals surface area (Å²) in [6.07, 6.45) is 3.06. The molecule has 0 fully saturated rings. The first-order chi connectivity index (χ1) is 11.0. The number of allylic oxidation sites excluding steroid dienone is 2. The molecule has 2 heterocycles. The van der Waals surface area contributed by atoms with Gasteiger partial charge in [0.15, 0.2) is 5.78 Å². The summed E-state index contributed by atoms with van der Waals surface area (Å²) in [6.45, 7) is 4.90. The second-order valence-corrected chi connectivity index (χ2v) is 6.22. The maximum absolute atomic E-state index is 10.0. The quantitative estimate of drug-likeness (QED) is 0.293. The molecule has 0 atom stereocenters. The van der Waals surface area contributed by atoms with E-state index in [1.807, 2.05) is 19.2 Å². The fourth-order valence-corrected chi connectivity index (χ4v) is 2.91. The Labute approximate surface area is 159 Å². The average molecular weight is 517 g/mol. The van der Waals surface area contributed by atoms with Gasteiger partial charge in [0, 0.05) is 38.1 Å². The first-order valence-electron chi connectivity index (χ1n) is 7.17. The summed E-state index contributed by atoms with van der Waals surface area (Å²) in [6, 6.07) is 15.8.